The monoisotopic (exact) mass is 288 g/mol. The summed E-state index contributed by atoms with van der Waals surface area (Å²) in [6.45, 7) is 4.06. The SMILES string of the molecule is CCOCOC(=O)[C@H]1CC[C@H](C(=O)OC(O)CC)CC1. The van der Waals surface area contributed by atoms with E-state index in [0.717, 1.165) is 0 Å². The van der Waals surface area contributed by atoms with Crippen LogP contribution < -0.4 is 0 Å². The maximum absolute atomic E-state index is 11.7. The molecule has 1 saturated carbocycles. The molecule has 1 aliphatic carbocycles. The Morgan fingerprint density at radius 2 is 1.65 bits per heavy atom. The highest BCUT2D eigenvalue weighted by atomic mass is 16.7. The van der Waals surface area contributed by atoms with Crippen molar-refractivity contribution in [2.24, 2.45) is 11.8 Å². The van der Waals surface area contributed by atoms with E-state index >= 15 is 0 Å². The highest BCUT2D eigenvalue weighted by Crippen LogP contribution is 2.30. The van der Waals surface area contributed by atoms with Gasteiger partial charge in [0.05, 0.1) is 11.8 Å². The highest BCUT2D eigenvalue weighted by Gasteiger charge is 2.32. The van der Waals surface area contributed by atoms with Gasteiger partial charge in [-0.2, -0.15) is 0 Å². The molecule has 0 aromatic rings. The normalized spacial score (nSPS) is 23.9. The molecule has 20 heavy (non-hydrogen) atoms. The predicted molar refractivity (Wildman–Crippen MR) is 70.4 cm³/mol. The van der Waals surface area contributed by atoms with Crippen molar-refractivity contribution in [3.05, 3.63) is 0 Å². The maximum Gasteiger partial charge on any atom is 0.311 e. The third-order valence-corrected chi connectivity index (χ3v) is 3.48. The van der Waals surface area contributed by atoms with E-state index in [0.29, 0.717) is 38.7 Å². The zero-order valence-corrected chi connectivity index (χ0v) is 12.2. The molecule has 0 amide bonds. The van der Waals surface area contributed by atoms with E-state index in [2.05, 4.69) is 0 Å². The van der Waals surface area contributed by atoms with Crippen LogP contribution in [0.5, 0.6) is 0 Å². The number of ether oxygens (including phenoxy) is 3. The first kappa shape index (κ1) is 16.9. The molecule has 0 bridgehead atoms. The van der Waals surface area contributed by atoms with Gasteiger partial charge in [-0.3, -0.25) is 9.59 Å². The summed E-state index contributed by atoms with van der Waals surface area (Å²) >= 11 is 0. The molecule has 1 atom stereocenters. The summed E-state index contributed by atoms with van der Waals surface area (Å²) in [5, 5.41) is 9.29. The lowest BCUT2D eigenvalue weighted by Gasteiger charge is -2.26. The average Bonchev–Trinajstić information content (AvgIpc) is 2.47. The second-order valence-corrected chi connectivity index (χ2v) is 4.92. The minimum Gasteiger partial charge on any atom is -0.438 e. The minimum absolute atomic E-state index is 0.0139. The van der Waals surface area contributed by atoms with Crippen LogP contribution in [-0.4, -0.2) is 36.7 Å². The molecule has 1 rings (SSSR count). The van der Waals surface area contributed by atoms with Gasteiger partial charge in [0.1, 0.15) is 0 Å². The van der Waals surface area contributed by atoms with Crippen molar-refractivity contribution < 1.29 is 28.9 Å². The van der Waals surface area contributed by atoms with Crippen LogP contribution >= 0.6 is 0 Å². The summed E-state index contributed by atoms with van der Waals surface area (Å²) in [6.07, 6.45) is 1.73. The van der Waals surface area contributed by atoms with Crippen molar-refractivity contribution in [1.82, 2.24) is 0 Å². The third-order valence-electron chi connectivity index (χ3n) is 3.48. The molecule has 1 N–H and O–H groups in total. The standard InChI is InChI=1S/C14H24O6/c1-3-12(15)20-14(17)11-7-5-10(6-8-11)13(16)19-9-18-4-2/h10-12,15H,3-9H2,1-2H3/t10-,11-,12?. The molecule has 0 aromatic carbocycles. The quantitative estimate of drug-likeness (QED) is 0.435. The summed E-state index contributed by atoms with van der Waals surface area (Å²) < 4.78 is 14.8. The molecule has 1 unspecified atom stereocenters. The molecular formula is C14H24O6. The van der Waals surface area contributed by atoms with E-state index in [1.54, 1.807) is 6.92 Å². The summed E-state index contributed by atoms with van der Waals surface area (Å²) in [4.78, 5) is 23.5. The summed E-state index contributed by atoms with van der Waals surface area (Å²) in [7, 11) is 0. The average molecular weight is 288 g/mol. The number of carbonyl (C=O) groups excluding carboxylic acids is 2. The molecule has 0 aliphatic heterocycles. The van der Waals surface area contributed by atoms with Crippen LogP contribution in [0.2, 0.25) is 0 Å². The van der Waals surface area contributed by atoms with Crippen LogP contribution in [0.25, 0.3) is 0 Å². The van der Waals surface area contributed by atoms with E-state index < -0.39 is 6.29 Å². The van der Waals surface area contributed by atoms with Gasteiger partial charge in [-0.25, -0.2) is 0 Å². The Bertz CT molecular complexity index is 309. The lowest BCUT2D eigenvalue weighted by Crippen LogP contribution is -2.30. The fraction of sp³-hybridized carbons (Fsp3) is 0.857. The lowest BCUT2D eigenvalue weighted by molar-refractivity contribution is -0.176. The van der Waals surface area contributed by atoms with E-state index in [1.807, 2.05) is 6.92 Å². The van der Waals surface area contributed by atoms with Gasteiger partial charge in [-0.1, -0.05) is 6.92 Å². The Balaban J connectivity index is 2.28. The Morgan fingerprint density at radius 3 is 2.15 bits per heavy atom. The van der Waals surface area contributed by atoms with Gasteiger partial charge in [-0.15, -0.1) is 0 Å². The van der Waals surface area contributed by atoms with Crippen molar-refractivity contribution in [2.75, 3.05) is 13.4 Å². The smallest absolute Gasteiger partial charge is 0.311 e. The molecule has 1 fully saturated rings. The van der Waals surface area contributed by atoms with E-state index in [4.69, 9.17) is 14.2 Å². The van der Waals surface area contributed by atoms with Crippen LogP contribution in [0.1, 0.15) is 46.0 Å². The Labute approximate surface area is 119 Å². The fourth-order valence-electron chi connectivity index (χ4n) is 2.18. The molecule has 1 aliphatic rings. The number of hydrogen-bond donors (Lipinski definition) is 1. The Kier molecular flexibility index (Phi) is 7.54. The van der Waals surface area contributed by atoms with E-state index in [9.17, 15) is 14.7 Å². The number of aliphatic hydroxyl groups is 1. The molecule has 116 valence electrons. The molecular weight excluding hydrogens is 264 g/mol. The number of rotatable bonds is 7. The van der Waals surface area contributed by atoms with E-state index in [-0.39, 0.29) is 30.6 Å². The van der Waals surface area contributed by atoms with Gasteiger partial charge >= 0.3 is 11.9 Å². The molecule has 0 heterocycles. The second-order valence-electron chi connectivity index (χ2n) is 4.92. The van der Waals surface area contributed by atoms with Crippen LogP contribution in [0.4, 0.5) is 0 Å². The number of hydrogen-bond acceptors (Lipinski definition) is 6. The zero-order valence-electron chi connectivity index (χ0n) is 12.2. The molecule has 0 aromatic heterocycles. The number of aliphatic hydroxyl groups excluding tert-OH is 1. The predicted octanol–water partition coefficient (Wildman–Crippen LogP) is 1.60. The molecule has 6 heteroatoms. The van der Waals surface area contributed by atoms with E-state index in [1.165, 1.54) is 0 Å². The first-order valence-electron chi connectivity index (χ1n) is 7.21. The third kappa shape index (κ3) is 5.46. The van der Waals surface area contributed by atoms with Crippen LogP contribution in [0.3, 0.4) is 0 Å². The first-order chi connectivity index (χ1) is 9.58. The molecule has 0 radical (unpaired) electrons. The van der Waals surface area contributed by atoms with Crippen LogP contribution in [0.15, 0.2) is 0 Å². The Hall–Kier alpha value is -1.14. The molecule has 6 nitrogen and oxygen atoms in total. The second kappa shape index (κ2) is 8.92. The van der Waals surface area contributed by atoms with Crippen molar-refractivity contribution in [2.45, 2.75) is 52.2 Å². The van der Waals surface area contributed by atoms with Gasteiger partial charge in [0, 0.05) is 13.0 Å². The zero-order chi connectivity index (χ0) is 15.0. The molecule has 0 spiro atoms. The van der Waals surface area contributed by atoms with Crippen LogP contribution in [-0.2, 0) is 23.8 Å². The minimum atomic E-state index is -1.03. The van der Waals surface area contributed by atoms with Crippen LogP contribution in [0, 0.1) is 11.8 Å². The summed E-state index contributed by atoms with van der Waals surface area (Å²) in [5.41, 5.74) is 0. The van der Waals surface area contributed by atoms with Crippen molar-refractivity contribution in [1.29, 1.82) is 0 Å². The summed E-state index contributed by atoms with van der Waals surface area (Å²) in [6, 6.07) is 0. The van der Waals surface area contributed by atoms with Crippen molar-refractivity contribution >= 4 is 11.9 Å². The molecule has 0 saturated heterocycles. The topological polar surface area (TPSA) is 82.1 Å². The van der Waals surface area contributed by atoms with Crippen molar-refractivity contribution in [3.63, 3.8) is 0 Å². The maximum atomic E-state index is 11.7. The summed E-state index contributed by atoms with van der Waals surface area (Å²) in [5.74, 6) is -1.04. The van der Waals surface area contributed by atoms with Gasteiger partial charge in [0.2, 0.25) is 0 Å². The van der Waals surface area contributed by atoms with Crippen molar-refractivity contribution in [3.8, 4) is 0 Å². The Morgan fingerprint density at radius 1 is 1.10 bits per heavy atom. The fourth-order valence-corrected chi connectivity index (χ4v) is 2.18. The van der Waals surface area contributed by atoms with Gasteiger partial charge in [-0.05, 0) is 32.6 Å². The first-order valence-corrected chi connectivity index (χ1v) is 7.21. The highest BCUT2D eigenvalue weighted by molar-refractivity contribution is 5.75. The largest absolute Gasteiger partial charge is 0.438 e. The van der Waals surface area contributed by atoms with Gasteiger partial charge in [0.15, 0.2) is 13.1 Å². The van der Waals surface area contributed by atoms with Gasteiger partial charge < -0.3 is 19.3 Å². The van der Waals surface area contributed by atoms with Gasteiger partial charge in [0.25, 0.3) is 0 Å². The number of carbonyl (C=O) groups is 2. The lowest BCUT2D eigenvalue weighted by atomic mass is 9.82. The number of esters is 2.